The molecule has 0 amide bonds. The molecule has 1 aliphatic rings. The molecule has 0 saturated heterocycles. The van der Waals surface area contributed by atoms with Gasteiger partial charge in [-0.25, -0.2) is 0 Å². The molecule has 1 saturated carbocycles. The Morgan fingerprint density at radius 1 is 1.09 bits per heavy atom. The summed E-state index contributed by atoms with van der Waals surface area (Å²) < 4.78 is 5.71. The molecule has 4 heteroatoms. The molecule has 0 heterocycles. The van der Waals surface area contributed by atoms with Gasteiger partial charge in [0.25, 0.3) is 0 Å². The fourth-order valence-electron chi connectivity index (χ4n) is 3.25. The maximum Gasteiger partial charge on any atom is 0.310 e. The van der Waals surface area contributed by atoms with Gasteiger partial charge in [0.15, 0.2) is 0 Å². The van der Waals surface area contributed by atoms with Gasteiger partial charge in [-0.15, -0.1) is 0 Å². The third-order valence-corrected chi connectivity index (χ3v) is 4.74. The lowest BCUT2D eigenvalue weighted by atomic mass is 9.79. The van der Waals surface area contributed by atoms with Gasteiger partial charge in [0.1, 0.15) is 6.10 Å². The summed E-state index contributed by atoms with van der Waals surface area (Å²) in [6.45, 7) is 6.30. The number of unbranched alkanes of at least 4 members (excludes halogenated alkanes) is 3. The molecule has 1 fully saturated rings. The molecule has 0 aromatic heterocycles. The van der Waals surface area contributed by atoms with Crippen molar-refractivity contribution in [2.24, 2.45) is 17.8 Å². The average molecular weight is 312 g/mol. The van der Waals surface area contributed by atoms with E-state index in [0.29, 0.717) is 12.8 Å². The molecule has 0 aromatic rings. The van der Waals surface area contributed by atoms with E-state index in [2.05, 4.69) is 20.8 Å². The molecule has 0 bridgehead atoms. The lowest BCUT2D eigenvalue weighted by molar-refractivity contribution is -0.165. The van der Waals surface area contributed by atoms with Crippen molar-refractivity contribution in [3.8, 4) is 0 Å². The highest BCUT2D eigenvalue weighted by atomic mass is 16.5. The highest BCUT2D eigenvalue weighted by Crippen LogP contribution is 2.32. The highest BCUT2D eigenvalue weighted by Gasteiger charge is 2.37. The van der Waals surface area contributed by atoms with Gasteiger partial charge in [0.2, 0.25) is 0 Å². The van der Waals surface area contributed by atoms with Crippen LogP contribution in [0.3, 0.4) is 0 Å². The fourth-order valence-corrected chi connectivity index (χ4v) is 3.25. The zero-order chi connectivity index (χ0) is 16.5. The van der Waals surface area contributed by atoms with Crippen molar-refractivity contribution < 1.29 is 19.4 Å². The second-order valence-electron chi connectivity index (χ2n) is 6.90. The Hall–Kier alpha value is -1.06. The predicted molar refractivity (Wildman–Crippen MR) is 86.6 cm³/mol. The Kier molecular flexibility index (Phi) is 8.51. The van der Waals surface area contributed by atoms with Crippen LogP contribution in [0.4, 0.5) is 0 Å². The van der Waals surface area contributed by atoms with Crippen molar-refractivity contribution in [3.63, 3.8) is 0 Å². The number of ether oxygens (including phenoxy) is 1. The van der Waals surface area contributed by atoms with Crippen LogP contribution in [-0.4, -0.2) is 23.1 Å². The van der Waals surface area contributed by atoms with Crippen LogP contribution >= 0.6 is 0 Å². The highest BCUT2D eigenvalue weighted by molar-refractivity contribution is 5.81. The SMILES string of the molecule is CCCCCCC(OC(=O)C1CCCCC1C(=O)O)C(C)C. The number of carbonyl (C=O) groups is 2. The maximum absolute atomic E-state index is 12.4. The fraction of sp³-hybridized carbons (Fsp3) is 0.889. The van der Waals surface area contributed by atoms with Crippen LogP contribution in [0.15, 0.2) is 0 Å². The van der Waals surface area contributed by atoms with E-state index in [4.69, 9.17) is 4.74 Å². The molecular weight excluding hydrogens is 280 g/mol. The van der Waals surface area contributed by atoms with Crippen LogP contribution in [0.2, 0.25) is 0 Å². The third kappa shape index (κ3) is 5.98. The number of aliphatic carboxylic acids is 1. The predicted octanol–water partition coefficient (Wildman–Crippen LogP) is 4.42. The number of carbonyl (C=O) groups excluding carboxylic acids is 1. The summed E-state index contributed by atoms with van der Waals surface area (Å²) in [7, 11) is 0. The summed E-state index contributed by atoms with van der Waals surface area (Å²) in [5.41, 5.74) is 0. The van der Waals surface area contributed by atoms with Crippen LogP contribution in [0, 0.1) is 17.8 Å². The molecule has 0 aliphatic heterocycles. The smallest absolute Gasteiger partial charge is 0.310 e. The second-order valence-corrected chi connectivity index (χ2v) is 6.90. The van der Waals surface area contributed by atoms with E-state index in [1.807, 2.05) is 0 Å². The van der Waals surface area contributed by atoms with Gasteiger partial charge in [-0.1, -0.05) is 52.9 Å². The van der Waals surface area contributed by atoms with Crippen molar-refractivity contribution in [1.82, 2.24) is 0 Å². The third-order valence-electron chi connectivity index (χ3n) is 4.74. The zero-order valence-electron chi connectivity index (χ0n) is 14.3. The van der Waals surface area contributed by atoms with Crippen LogP contribution in [0.5, 0.6) is 0 Å². The molecule has 3 atom stereocenters. The average Bonchev–Trinajstić information content (AvgIpc) is 2.49. The lowest BCUT2D eigenvalue weighted by Gasteiger charge is -2.30. The second kappa shape index (κ2) is 9.86. The quantitative estimate of drug-likeness (QED) is 0.506. The maximum atomic E-state index is 12.4. The molecule has 4 nitrogen and oxygen atoms in total. The van der Waals surface area contributed by atoms with E-state index < -0.39 is 17.8 Å². The van der Waals surface area contributed by atoms with E-state index in [1.54, 1.807) is 0 Å². The Labute approximate surface area is 134 Å². The Morgan fingerprint density at radius 2 is 1.73 bits per heavy atom. The van der Waals surface area contributed by atoms with Crippen molar-refractivity contribution in [2.45, 2.75) is 84.7 Å². The van der Waals surface area contributed by atoms with Gasteiger partial charge in [-0.3, -0.25) is 9.59 Å². The molecule has 0 radical (unpaired) electrons. The van der Waals surface area contributed by atoms with Crippen LogP contribution < -0.4 is 0 Å². The largest absolute Gasteiger partial charge is 0.481 e. The zero-order valence-corrected chi connectivity index (χ0v) is 14.3. The Morgan fingerprint density at radius 3 is 2.27 bits per heavy atom. The molecule has 1 aliphatic carbocycles. The number of carboxylic acids is 1. The summed E-state index contributed by atoms with van der Waals surface area (Å²) in [6.07, 6.45) is 8.49. The first-order chi connectivity index (χ1) is 10.5. The first-order valence-corrected chi connectivity index (χ1v) is 8.90. The molecule has 0 spiro atoms. The normalized spacial score (nSPS) is 23.3. The number of hydrogen-bond donors (Lipinski definition) is 1. The topological polar surface area (TPSA) is 63.6 Å². The minimum atomic E-state index is -0.856. The Bertz CT molecular complexity index is 351. The summed E-state index contributed by atoms with van der Waals surface area (Å²) >= 11 is 0. The minimum absolute atomic E-state index is 0.0827. The van der Waals surface area contributed by atoms with Gasteiger partial charge in [0, 0.05) is 0 Å². The molecule has 128 valence electrons. The van der Waals surface area contributed by atoms with Gasteiger partial charge >= 0.3 is 11.9 Å². The van der Waals surface area contributed by atoms with Crippen molar-refractivity contribution >= 4 is 11.9 Å². The lowest BCUT2D eigenvalue weighted by Crippen LogP contribution is -2.36. The number of esters is 1. The first-order valence-electron chi connectivity index (χ1n) is 8.90. The summed E-state index contributed by atoms with van der Waals surface area (Å²) in [6, 6.07) is 0. The van der Waals surface area contributed by atoms with Gasteiger partial charge in [-0.05, 0) is 31.6 Å². The summed E-state index contributed by atoms with van der Waals surface area (Å²) in [4.78, 5) is 23.8. The monoisotopic (exact) mass is 312 g/mol. The minimum Gasteiger partial charge on any atom is -0.481 e. The van der Waals surface area contributed by atoms with Gasteiger partial charge in [0.05, 0.1) is 11.8 Å². The summed E-state index contributed by atoms with van der Waals surface area (Å²) in [5, 5.41) is 9.29. The van der Waals surface area contributed by atoms with Crippen LogP contribution in [0.25, 0.3) is 0 Å². The number of carboxylic acid groups (broad SMARTS) is 1. The standard InChI is InChI=1S/C18H32O4/c1-4-5-6-7-12-16(13(2)3)22-18(21)15-11-9-8-10-14(15)17(19)20/h13-16H,4-12H2,1-3H3,(H,19,20). The van der Waals surface area contributed by atoms with Gasteiger partial charge < -0.3 is 9.84 Å². The molecule has 0 aromatic carbocycles. The van der Waals surface area contributed by atoms with Crippen molar-refractivity contribution in [2.75, 3.05) is 0 Å². The van der Waals surface area contributed by atoms with E-state index >= 15 is 0 Å². The van der Waals surface area contributed by atoms with E-state index in [1.165, 1.54) is 19.3 Å². The number of rotatable bonds is 9. The van der Waals surface area contributed by atoms with Crippen LogP contribution in [0.1, 0.15) is 78.6 Å². The van der Waals surface area contributed by atoms with E-state index in [0.717, 1.165) is 25.7 Å². The molecule has 1 N–H and O–H groups in total. The molecule has 1 rings (SSSR count). The molecule has 22 heavy (non-hydrogen) atoms. The molecule has 3 unspecified atom stereocenters. The van der Waals surface area contributed by atoms with E-state index in [-0.39, 0.29) is 18.0 Å². The first kappa shape index (κ1) is 19.0. The van der Waals surface area contributed by atoms with Crippen LogP contribution in [-0.2, 0) is 14.3 Å². The summed E-state index contributed by atoms with van der Waals surface area (Å²) in [5.74, 6) is -1.89. The number of hydrogen-bond acceptors (Lipinski definition) is 3. The Balaban J connectivity index is 2.55. The van der Waals surface area contributed by atoms with E-state index in [9.17, 15) is 14.7 Å². The van der Waals surface area contributed by atoms with Crippen molar-refractivity contribution in [1.29, 1.82) is 0 Å². The van der Waals surface area contributed by atoms with Crippen molar-refractivity contribution in [3.05, 3.63) is 0 Å². The molecular formula is C18H32O4. The van der Waals surface area contributed by atoms with Gasteiger partial charge in [-0.2, -0.15) is 0 Å².